The number of hydrogen-bond acceptors (Lipinski definition) is 6. The van der Waals surface area contributed by atoms with Gasteiger partial charge in [-0.3, -0.25) is 4.79 Å². The lowest BCUT2D eigenvalue weighted by atomic mass is 10.0. The highest BCUT2D eigenvalue weighted by molar-refractivity contribution is 5.92. The van der Waals surface area contributed by atoms with Gasteiger partial charge in [-0.15, -0.1) is 0 Å². The third-order valence-electron chi connectivity index (χ3n) is 3.51. The number of benzene rings is 2. The minimum atomic E-state index is -0.517. The minimum absolute atomic E-state index is 0.0147. The molecular weight excluding hydrogens is 300 g/mol. The Morgan fingerprint density at radius 2 is 1.74 bits per heavy atom. The van der Waals surface area contributed by atoms with Crippen LogP contribution in [0.4, 0.5) is 0 Å². The summed E-state index contributed by atoms with van der Waals surface area (Å²) >= 11 is 0. The lowest BCUT2D eigenvalue weighted by molar-refractivity contribution is 0.310. The third-order valence-corrected chi connectivity index (χ3v) is 3.51. The first-order chi connectivity index (χ1) is 11.1. The fraction of sp³-hybridized carbons (Fsp3) is 0.118. The molecule has 0 fully saturated rings. The third kappa shape index (κ3) is 2.24. The number of phenolic OH excluding ortho intramolecular Hbond substituents is 2. The molecule has 0 amide bonds. The Kier molecular flexibility index (Phi) is 3.57. The van der Waals surface area contributed by atoms with Crippen molar-refractivity contribution in [3.8, 4) is 34.3 Å². The van der Waals surface area contributed by atoms with E-state index in [1.807, 2.05) is 6.07 Å². The van der Waals surface area contributed by atoms with Gasteiger partial charge in [-0.25, -0.2) is 0 Å². The van der Waals surface area contributed by atoms with Crippen molar-refractivity contribution in [1.82, 2.24) is 0 Å². The zero-order valence-corrected chi connectivity index (χ0v) is 12.5. The van der Waals surface area contributed by atoms with Crippen LogP contribution in [0, 0.1) is 0 Å². The van der Waals surface area contributed by atoms with E-state index in [4.69, 9.17) is 13.9 Å². The Labute approximate surface area is 131 Å². The summed E-state index contributed by atoms with van der Waals surface area (Å²) in [7, 11) is 2.67. The SMILES string of the molecule is COc1oc2cc(O)c(O)c(OC)c2c(=O)c1-c1ccccc1. The number of rotatable bonds is 3. The Morgan fingerprint density at radius 1 is 1.04 bits per heavy atom. The molecule has 0 bridgehead atoms. The average Bonchev–Trinajstić information content (AvgIpc) is 2.57. The lowest BCUT2D eigenvalue weighted by Crippen LogP contribution is -2.09. The van der Waals surface area contributed by atoms with Crippen LogP contribution in [0.25, 0.3) is 22.1 Å². The van der Waals surface area contributed by atoms with E-state index in [0.717, 1.165) is 6.07 Å². The Morgan fingerprint density at radius 3 is 2.35 bits per heavy atom. The fourth-order valence-electron chi connectivity index (χ4n) is 2.47. The van der Waals surface area contributed by atoms with Crippen molar-refractivity contribution >= 4 is 11.0 Å². The van der Waals surface area contributed by atoms with Crippen molar-refractivity contribution in [1.29, 1.82) is 0 Å². The second kappa shape index (κ2) is 5.57. The maximum absolute atomic E-state index is 12.9. The van der Waals surface area contributed by atoms with E-state index < -0.39 is 16.9 Å². The van der Waals surface area contributed by atoms with Gasteiger partial charge in [0.2, 0.25) is 11.2 Å². The monoisotopic (exact) mass is 314 g/mol. The van der Waals surface area contributed by atoms with Crippen molar-refractivity contribution < 1.29 is 24.1 Å². The summed E-state index contributed by atoms with van der Waals surface area (Å²) in [6.07, 6.45) is 0. The second-order valence-corrected chi connectivity index (χ2v) is 4.81. The number of fused-ring (bicyclic) bond motifs is 1. The molecule has 23 heavy (non-hydrogen) atoms. The molecule has 1 heterocycles. The van der Waals surface area contributed by atoms with Crippen molar-refractivity contribution in [2.75, 3.05) is 14.2 Å². The Hall–Kier alpha value is -3.15. The predicted octanol–water partition coefficient (Wildman–Crippen LogP) is 2.89. The van der Waals surface area contributed by atoms with Crippen LogP contribution in [0.1, 0.15) is 0 Å². The fourth-order valence-corrected chi connectivity index (χ4v) is 2.47. The van der Waals surface area contributed by atoms with E-state index in [1.54, 1.807) is 24.3 Å². The van der Waals surface area contributed by atoms with Gasteiger partial charge >= 0.3 is 0 Å². The van der Waals surface area contributed by atoms with Crippen LogP contribution in [0.2, 0.25) is 0 Å². The molecule has 0 aliphatic carbocycles. The molecule has 0 aliphatic rings. The van der Waals surface area contributed by atoms with E-state index in [-0.39, 0.29) is 28.2 Å². The van der Waals surface area contributed by atoms with Gasteiger partial charge in [0.15, 0.2) is 11.5 Å². The van der Waals surface area contributed by atoms with E-state index in [2.05, 4.69) is 0 Å². The number of hydrogen-bond donors (Lipinski definition) is 2. The molecular formula is C17H14O6. The zero-order chi connectivity index (χ0) is 16.6. The number of phenols is 2. The molecule has 0 aliphatic heterocycles. The van der Waals surface area contributed by atoms with E-state index >= 15 is 0 Å². The molecule has 2 aromatic carbocycles. The smallest absolute Gasteiger partial charge is 0.296 e. The average molecular weight is 314 g/mol. The van der Waals surface area contributed by atoms with Crippen molar-refractivity contribution in [3.63, 3.8) is 0 Å². The second-order valence-electron chi connectivity index (χ2n) is 4.81. The maximum atomic E-state index is 12.9. The topological polar surface area (TPSA) is 89.1 Å². The molecule has 2 N–H and O–H groups in total. The van der Waals surface area contributed by atoms with Gasteiger partial charge in [0.05, 0.1) is 14.2 Å². The van der Waals surface area contributed by atoms with E-state index in [9.17, 15) is 15.0 Å². The molecule has 0 atom stereocenters. The van der Waals surface area contributed by atoms with E-state index in [1.165, 1.54) is 14.2 Å². The van der Waals surface area contributed by atoms with E-state index in [0.29, 0.717) is 5.56 Å². The Bertz CT molecular complexity index is 927. The summed E-state index contributed by atoms with van der Waals surface area (Å²) in [4.78, 5) is 12.9. The van der Waals surface area contributed by atoms with Gasteiger partial charge in [0, 0.05) is 6.07 Å². The van der Waals surface area contributed by atoms with Gasteiger partial charge in [-0.1, -0.05) is 30.3 Å². The van der Waals surface area contributed by atoms with Crippen LogP contribution < -0.4 is 14.9 Å². The zero-order valence-electron chi connectivity index (χ0n) is 12.5. The number of ether oxygens (including phenoxy) is 2. The molecule has 6 nitrogen and oxygen atoms in total. The maximum Gasteiger partial charge on any atom is 0.296 e. The van der Waals surface area contributed by atoms with Gasteiger partial charge in [0.25, 0.3) is 5.95 Å². The van der Waals surface area contributed by atoms with Crippen molar-refractivity contribution in [2.45, 2.75) is 0 Å². The summed E-state index contributed by atoms with van der Waals surface area (Å²) in [5.74, 6) is -1.10. The molecule has 0 radical (unpaired) electrons. The summed E-state index contributed by atoms with van der Waals surface area (Å²) < 4.78 is 15.8. The molecule has 3 rings (SSSR count). The highest BCUT2D eigenvalue weighted by atomic mass is 16.6. The first-order valence-corrected chi connectivity index (χ1v) is 6.77. The molecule has 1 aromatic heterocycles. The summed E-state index contributed by atoms with van der Waals surface area (Å²) in [5.41, 5.74) is 0.443. The van der Waals surface area contributed by atoms with Crippen molar-refractivity contribution in [2.24, 2.45) is 0 Å². The molecule has 0 saturated heterocycles. The minimum Gasteiger partial charge on any atom is -0.504 e. The molecule has 6 heteroatoms. The van der Waals surface area contributed by atoms with Crippen LogP contribution >= 0.6 is 0 Å². The van der Waals surface area contributed by atoms with Crippen molar-refractivity contribution in [3.05, 3.63) is 46.6 Å². The predicted molar refractivity (Wildman–Crippen MR) is 84.4 cm³/mol. The van der Waals surface area contributed by atoms with Gasteiger partial charge in [-0.2, -0.15) is 0 Å². The Balaban J connectivity index is 2.49. The molecule has 0 spiro atoms. The molecule has 118 valence electrons. The van der Waals surface area contributed by atoms with Gasteiger partial charge in [-0.05, 0) is 5.56 Å². The largest absolute Gasteiger partial charge is 0.504 e. The van der Waals surface area contributed by atoms with Crippen LogP contribution in [0.3, 0.4) is 0 Å². The highest BCUT2D eigenvalue weighted by Crippen LogP contribution is 2.42. The first-order valence-electron chi connectivity index (χ1n) is 6.77. The molecule has 3 aromatic rings. The molecule has 0 unspecified atom stereocenters. The summed E-state index contributed by atoms with van der Waals surface area (Å²) in [6.45, 7) is 0. The molecule has 0 saturated carbocycles. The number of methoxy groups -OCH3 is 2. The van der Waals surface area contributed by atoms with Crippen LogP contribution in [-0.2, 0) is 0 Å². The van der Waals surface area contributed by atoms with Gasteiger partial charge < -0.3 is 24.1 Å². The van der Waals surface area contributed by atoms with Crippen LogP contribution in [-0.4, -0.2) is 24.4 Å². The number of aromatic hydroxyl groups is 2. The standard InChI is InChI=1S/C17H14O6/c1-21-16-13-11(8-10(18)14(16)19)23-17(22-2)12(15(13)20)9-6-4-3-5-7-9/h3-8,18-19H,1-2H3. The lowest BCUT2D eigenvalue weighted by Gasteiger charge is -2.12. The first kappa shape index (κ1) is 14.8. The highest BCUT2D eigenvalue weighted by Gasteiger charge is 2.23. The van der Waals surface area contributed by atoms with Crippen LogP contribution in [0.15, 0.2) is 45.6 Å². The quantitative estimate of drug-likeness (QED) is 0.723. The summed E-state index contributed by atoms with van der Waals surface area (Å²) in [5, 5.41) is 19.7. The van der Waals surface area contributed by atoms with Crippen LogP contribution in [0.5, 0.6) is 23.2 Å². The summed E-state index contributed by atoms with van der Waals surface area (Å²) in [6, 6.07) is 10.0. The normalized spacial score (nSPS) is 10.7. The van der Waals surface area contributed by atoms with Gasteiger partial charge in [0.1, 0.15) is 16.5 Å².